The lowest BCUT2D eigenvalue weighted by atomic mass is 10.1. The number of rotatable bonds is 5. The number of nitrogens with zero attached hydrogens (tertiary/aromatic N) is 6. The average molecular weight is 337 g/mol. The Kier molecular flexibility index (Phi) is 4.21. The van der Waals surface area contributed by atoms with Gasteiger partial charge in [0.05, 0.1) is 11.9 Å². The predicted octanol–water partition coefficient (Wildman–Crippen LogP) is 2.74. The standard InChI is InChI=1S/C18H23N7/c1-13-9-19-7-6-16(13)14(2)21-15-10-20-24(11-15)12-18-23-22-17-5-3-4-8-25(17)18/h6-7,9-11,14,21H,3-5,8,12H2,1-2H3. The largest absolute Gasteiger partial charge is 0.376 e. The van der Waals surface area contributed by atoms with Crippen LogP contribution in [0.1, 0.15) is 48.6 Å². The van der Waals surface area contributed by atoms with Crippen LogP contribution in [0.2, 0.25) is 0 Å². The molecule has 0 fully saturated rings. The van der Waals surface area contributed by atoms with Gasteiger partial charge in [0.2, 0.25) is 0 Å². The molecule has 1 aliphatic heterocycles. The maximum Gasteiger partial charge on any atom is 0.154 e. The fourth-order valence-electron chi connectivity index (χ4n) is 3.45. The second kappa shape index (κ2) is 6.66. The van der Waals surface area contributed by atoms with Crippen LogP contribution in [0.4, 0.5) is 5.69 Å². The molecule has 4 heterocycles. The van der Waals surface area contributed by atoms with E-state index in [-0.39, 0.29) is 6.04 Å². The van der Waals surface area contributed by atoms with E-state index in [0.717, 1.165) is 30.3 Å². The second-order valence-electron chi connectivity index (χ2n) is 6.67. The molecule has 0 amide bonds. The van der Waals surface area contributed by atoms with Gasteiger partial charge in [-0.05, 0) is 43.9 Å². The molecule has 0 spiro atoms. The van der Waals surface area contributed by atoms with Crippen LogP contribution in [0.15, 0.2) is 30.9 Å². The van der Waals surface area contributed by atoms with E-state index in [4.69, 9.17) is 0 Å². The smallest absolute Gasteiger partial charge is 0.154 e. The summed E-state index contributed by atoms with van der Waals surface area (Å²) in [4.78, 5) is 4.16. The van der Waals surface area contributed by atoms with Crippen molar-refractivity contribution in [1.82, 2.24) is 29.5 Å². The Balaban J connectivity index is 1.46. The first-order chi connectivity index (χ1) is 12.2. The number of aryl methyl sites for hydroxylation is 2. The Morgan fingerprint density at radius 3 is 3.04 bits per heavy atom. The third-order valence-corrected chi connectivity index (χ3v) is 4.79. The predicted molar refractivity (Wildman–Crippen MR) is 95.3 cm³/mol. The lowest BCUT2D eigenvalue weighted by Crippen LogP contribution is -2.15. The zero-order valence-electron chi connectivity index (χ0n) is 14.7. The molecule has 0 saturated heterocycles. The number of anilines is 1. The van der Waals surface area contributed by atoms with Crippen LogP contribution in [0.5, 0.6) is 0 Å². The zero-order chi connectivity index (χ0) is 17.2. The summed E-state index contributed by atoms with van der Waals surface area (Å²) in [6.07, 6.45) is 11.1. The Labute approximate surface area is 147 Å². The summed E-state index contributed by atoms with van der Waals surface area (Å²) < 4.78 is 4.15. The molecule has 4 rings (SSSR count). The first-order valence-electron chi connectivity index (χ1n) is 8.81. The van der Waals surface area contributed by atoms with Crippen molar-refractivity contribution < 1.29 is 0 Å². The first kappa shape index (κ1) is 15.8. The Morgan fingerprint density at radius 1 is 1.24 bits per heavy atom. The van der Waals surface area contributed by atoms with E-state index in [2.05, 4.69) is 50.1 Å². The van der Waals surface area contributed by atoms with E-state index in [1.807, 2.05) is 29.5 Å². The molecule has 1 N–H and O–H groups in total. The third kappa shape index (κ3) is 3.26. The van der Waals surface area contributed by atoms with Crippen LogP contribution in [0.3, 0.4) is 0 Å². The van der Waals surface area contributed by atoms with Crippen LogP contribution in [0.25, 0.3) is 0 Å². The number of nitrogens with one attached hydrogen (secondary N) is 1. The van der Waals surface area contributed by atoms with E-state index in [1.165, 1.54) is 24.0 Å². The molecule has 0 aliphatic carbocycles. The van der Waals surface area contributed by atoms with Crippen molar-refractivity contribution >= 4 is 5.69 Å². The normalized spacial score (nSPS) is 15.0. The first-order valence-corrected chi connectivity index (χ1v) is 8.81. The van der Waals surface area contributed by atoms with Crippen molar-refractivity contribution in [3.8, 4) is 0 Å². The van der Waals surface area contributed by atoms with Gasteiger partial charge >= 0.3 is 0 Å². The molecule has 7 heteroatoms. The van der Waals surface area contributed by atoms with E-state index in [0.29, 0.717) is 6.54 Å². The highest BCUT2D eigenvalue weighted by atomic mass is 15.3. The summed E-state index contributed by atoms with van der Waals surface area (Å²) in [5.74, 6) is 2.09. The zero-order valence-corrected chi connectivity index (χ0v) is 14.7. The van der Waals surface area contributed by atoms with E-state index < -0.39 is 0 Å². The van der Waals surface area contributed by atoms with Gasteiger partial charge in [-0.2, -0.15) is 5.10 Å². The van der Waals surface area contributed by atoms with E-state index in [1.54, 1.807) is 0 Å². The molecule has 7 nitrogen and oxygen atoms in total. The minimum absolute atomic E-state index is 0.196. The highest BCUT2D eigenvalue weighted by Crippen LogP contribution is 2.21. The molecular formula is C18H23N7. The van der Waals surface area contributed by atoms with Crippen LogP contribution >= 0.6 is 0 Å². The van der Waals surface area contributed by atoms with Gasteiger partial charge in [-0.3, -0.25) is 9.67 Å². The van der Waals surface area contributed by atoms with Gasteiger partial charge in [0.1, 0.15) is 12.4 Å². The second-order valence-corrected chi connectivity index (χ2v) is 6.67. The number of fused-ring (bicyclic) bond motifs is 1. The van der Waals surface area contributed by atoms with Gasteiger partial charge in [-0.25, -0.2) is 0 Å². The lowest BCUT2D eigenvalue weighted by Gasteiger charge is -2.16. The molecule has 0 radical (unpaired) electrons. The van der Waals surface area contributed by atoms with Crippen LogP contribution in [-0.4, -0.2) is 29.5 Å². The lowest BCUT2D eigenvalue weighted by molar-refractivity contribution is 0.496. The van der Waals surface area contributed by atoms with Gasteiger partial charge in [-0.15, -0.1) is 10.2 Å². The van der Waals surface area contributed by atoms with Gasteiger partial charge in [-0.1, -0.05) is 0 Å². The van der Waals surface area contributed by atoms with Crippen molar-refractivity contribution in [2.75, 3.05) is 5.32 Å². The Bertz CT molecular complexity index is 864. The molecule has 0 saturated carbocycles. The highest BCUT2D eigenvalue weighted by molar-refractivity contribution is 5.42. The van der Waals surface area contributed by atoms with Gasteiger partial charge < -0.3 is 9.88 Å². The maximum atomic E-state index is 4.47. The van der Waals surface area contributed by atoms with Crippen molar-refractivity contribution in [3.63, 3.8) is 0 Å². The summed E-state index contributed by atoms with van der Waals surface area (Å²) in [5, 5.41) is 16.6. The summed E-state index contributed by atoms with van der Waals surface area (Å²) in [6, 6.07) is 2.25. The Morgan fingerprint density at radius 2 is 2.16 bits per heavy atom. The Hall–Kier alpha value is -2.70. The summed E-state index contributed by atoms with van der Waals surface area (Å²) in [5.41, 5.74) is 3.43. The monoisotopic (exact) mass is 337 g/mol. The molecular weight excluding hydrogens is 314 g/mol. The molecule has 3 aromatic heterocycles. The van der Waals surface area contributed by atoms with Crippen LogP contribution in [0, 0.1) is 6.92 Å². The SMILES string of the molecule is Cc1cnccc1C(C)Nc1cnn(Cc2nnc3n2CCCC3)c1. The van der Waals surface area contributed by atoms with Crippen LogP contribution < -0.4 is 5.32 Å². The quantitative estimate of drug-likeness (QED) is 0.775. The van der Waals surface area contributed by atoms with Gasteiger partial charge in [0.25, 0.3) is 0 Å². The highest BCUT2D eigenvalue weighted by Gasteiger charge is 2.16. The van der Waals surface area contributed by atoms with Crippen molar-refractivity contribution in [2.24, 2.45) is 0 Å². The number of hydrogen-bond acceptors (Lipinski definition) is 5. The maximum absolute atomic E-state index is 4.47. The fourth-order valence-corrected chi connectivity index (χ4v) is 3.45. The van der Waals surface area contributed by atoms with E-state index >= 15 is 0 Å². The summed E-state index contributed by atoms with van der Waals surface area (Å²) in [7, 11) is 0. The van der Waals surface area contributed by atoms with Crippen molar-refractivity contribution in [1.29, 1.82) is 0 Å². The molecule has 1 aliphatic rings. The molecule has 1 atom stereocenters. The summed E-state index contributed by atoms with van der Waals surface area (Å²) >= 11 is 0. The molecule has 3 aromatic rings. The minimum atomic E-state index is 0.196. The van der Waals surface area contributed by atoms with Gasteiger partial charge in [0.15, 0.2) is 5.82 Å². The van der Waals surface area contributed by atoms with Crippen molar-refractivity contribution in [2.45, 2.75) is 52.2 Å². The summed E-state index contributed by atoms with van der Waals surface area (Å²) in [6.45, 7) is 5.90. The minimum Gasteiger partial charge on any atom is -0.376 e. The number of hydrogen-bond donors (Lipinski definition) is 1. The molecule has 0 bridgehead atoms. The van der Waals surface area contributed by atoms with Crippen LogP contribution in [-0.2, 0) is 19.5 Å². The average Bonchev–Trinajstić information content (AvgIpc) is 3.23. The third-order valence-electron chi connectivity index (χ3n) is 4.79. The fraction of sp³-hybridized carbons (Fsp3) is 0.444. The number of aromatic nitrogens is 6. The molecule has 130 valence electrons. The molecule has 1 unspecified atom stereocenters. The van der Waals surface area contributed by atoms with E-state index in [9.17, 15) is 0 Å². The van der Waals surface area contributed by atoms with Gasteiger partial charge in [0, 0.05) is 37.6 Å². The molecule has 25 heavy (non-hydrogen) atoms. The van der Waals surface area contributed by atoms with Crippen molar-refractivity contribution in [3.05, 3.63) is 53.6 Å². The molecule has 0 aromatic carbocycles. The topological polar surface area (TPSA) is 73.5 Å². The number of pyridine rings is 1.